The lowest BCUT2D eigenvalue weighted by Gasteiger charge is -2.41. The van der Waals surface area contributed by atoms with Crippen LogP contribution < -0.4 is 0 Å². The summed E-state index contributed by atoms with van der Waals surface area (Å²) < 4.78 is 14.7. The molecule has 0 spiro atoms. The number of carbonyl (C=O) groups is 1. The van der Waals surface area contributed by atoms with Crippen molar-refractivity contribution in [1.82, 2.24) is 9.80 Å². The predicted octanol–water partition coefficient (Wildman–Crippen LogP) is 7.33. The fourth-order valence-corrected chi connectivity index (χ4v) is 5.89. The van der Waals surface area contributed by atoms with E-state index in [1.807, 2.05) is 47.4 Å². The minimum atomic E-state index is -0.219. The van der Waals surface area contributed by atoms with Gasteiger partial charge in [-0.25, -0.2) is 4.39 Å². The molecule has 5 heteroatoms. The second kappa shape index (κ2) is 10.4. The van der Waals surface area contributed by atoms with E-state index in [9.17, 15) is 14.3 Å². The first-order valence-corrected chi connectivity index (χ1v) is 13.7. The average molecular weight is 525 g/mol. The number of fused-ring (bicyclic) bond motifs is 1. The molecule has 0 aromatic heterocycles. The van der Waals surface area contributed by atoms with Crippen molar-refractivity contribution >= 4 is 11.6 Å². The van der Waals surface area contributed by atoms with Gasteiger partial charge in [-0.1, -0.05) is 82.3 Å². The van der Waals surface area contributed by atoms with Crippen molar-refractivity contribution in [3.63, 3.8) is 0 Å². The number of benzene rings is 3. The lowest BCUT2D eigenvalue weighted by molar-refractivity contribution is 0.0757. The van der Waals surface area contributed by atoms with Crippen LogP contribution in [0.4, 0.5) is 4.39 Å². The van der Waals surface area contributed by atoms with Gasteiger partial charge in [0.2, 0.25) is 0 Å². The zero-order valence-corrected chi connectivity index (χ0v) is 23.4. The van der Waals surface area contributed by atoms with Gasteiger partial charge in [-0.3, -0.25) is 4.79 Å². The highest BCUT2D eigenvalue weighted by atomic mass is 19.1. The van der Waals surface area contributed by atoms with Crippen LogP contribution in [0.5, 0.6) is 5.75 Å². The largest absolute Gasteiger partial charge is 0.508 e. The number of amides is 1. The molecule has 202 valence electrons. The Morgan fingerprint density at radius 2 is 1.77 bits per heavy atom. The van der Waals surface area contributed by atoms with Gasteiger partial charge in [0.15, 0.2) is 0 Å². The van der Waals surface area contributed by atoms with Crippen LogP contribution in [0.25, 0.3) is 5.70 Å². The Kier molecular flexibility index (Phi) is 7.11. The Morgan fingerprint density at radius 1 is 1.03 bits per heavy atom. The number of aromatic hydroxyl groups is 1. The van der Waals surface area contributed by atoms with Crippen molar-refractivity contribution in [2.75, 3.05) is 6.54 Å². The van der Waals surface area contributed by atoms with Crippen molar-refractivity contribution in [2.45, 2.75) is 53.6 Å². The summed E-state index contributed by atoms with van der Waals surface area (Å²) in [6.07, 6.45) is 4.92. The third-order valence-corrected chi connectivity index (χ3v) is 7.74. The Morgan fingerprint density at radius 3 is 2.46 bits per heavy atom. The van der Waals surface area contributed by atoms with Gasteiger partial charge in [-0.2, -0.15) is 0 Å². The highest BCUT2D eigenvalue weighted by Crippen LogP contribution is 2.42. The lowest BCUT2D eigenvalue weighted by atomic mass is 9.93. The third-order valence-electron chi connectivity index (χ3n) is 7.74. The van der Waals surface area contributed by atoms with Crippen molar-refractivity contribution in [3.8, 4) is 5.75 Å². The van der Waals surface area contributed by atoms with Gasteiger partial charge in [-0.05, 0) is 60.2 Å². The first kappa shape index (κ1) is 26.7. The zero-order valence-electron chi connectivity index (χ0n) is 23.4. The molecule has 1 atom stereocenters. The maximum absolute atomic E-state index is 14.7. The Bertz CT molecular complexity index is 1460. The molecular formula is C34H37FN2O2. The normalized spacial score (nSPS) is 17.6. The second-order valence-electron chi connectivity index (χ2n) is 11.9. The summed E-state index contributed by atoms with van der Waals surface area (Å²) in [5.41, 5.74) is 5.73. The highest BCUT2D eigenvalue weighted by Gasteiger charge is 2.40. The molecule has 1 N–H and O–H groups in total. The number of rotatable bonds is 6. The molecule has 0 saturated heterocycles. The number of allylic oxidation sites excluding steroid dienone is 1. The molecule has 1 unspecified atom stereocenters. The van der Waals surface area contributed by atoms with Crippen LogP contribution in [0.3, 0.4) is 0 Å². The number of aryl methyl sites for hydroxylation is 1. The van der Waals surface area contributed by atoms with Gasteiger partial charge in [-0.15, -0.1) is 0 Å². The van der Waals surface area contributed by atoms with Crippen LogP contribution in [0.2, 0.25) is 0 Å². The minimum Gasteiger partial charge on any atom is -0.508 e. The summed E-state index contributed by atoms with van der Waals surface area (Å²) in [5.74, 6) is 0.0171. The summed E-state index contributed by atoms with van der Waals surface area (Å²) in [5, 5.41) is 10.2. The third kappa shape index (κ3) is 5.36. The van der Waals surface area contributed by atoms with Gasteiger partial charge < -0.3 is 14.9 Å². The van der Waals surface area contributed by atoms with Crippen molar-refractivity contribution in [1.29, 1.82) is 0 Å². The van der Waals surface area contributed by atoms with Crippen LogP contribution >= 0.6 is 0 Å². The van der Waals surface area contributed by atoms with E-state index in [0.717, 1.165) is 34.6 Å². The molecule has 0 bridgehead atoms. The molecule has 1 amide bonds. The van der Waals surface area contributed by atoms with Gasteiger partial charge >= 0.3 is 0 Å². The highest BCUT2D eigenvalue weighted by molar-refractivity contribution is 5.97. The summed E-state index contributed by atoms with van der Waals surface area (Å²) in [4.78, 5) is 18.5. The number of hydrogen-bond acceptors (Lipinski definition) is 3. The van der Waals surface area contributed by atoms with E-state index in [1.165, 1.54) is 0 Å². The molecule has 3 aromatic rings. The monoisotopic (exact) mass is 524 g/mol. The molecule has 0 aliphatic carbocycles. The fraction of sp³-hybridized carbons (Fsp3) is 0.324. The van der Waals surface area contributed by atoms with E-state index >= 15 is 0 Å². The number of phenolic OH excluding ortho intramolecular Hbond substituents is 1. The van der Waals surface area contributed by atoms with Crippen LogP contribution in [-0.4, -0.2) is 33.4 Å². The van der Waals surface area contributed by atoms with Gasteiger partial charge in [0.25, 0.3) is 5.91 Å². The molecule has 2 aliphatic heterocycles. The lowest BCUT2D eigenvalue weighted by Crippen LogP contribution is -2.46. The van der Waals surface area contributed by atoms with Crippen molar-refractivity contribution in [2.24, 2.45) is 11.3 Å². The van der Waals surface area contributed by atoms with E-state index < -0.39 is 0 Å². The summed E-state index contributed by atoms with van der Waals surface area (Å²) in [6.45, 7) is 11.7. The van der Waals surface area contributed by atoms with E-state index in [0.29, 0.717) is 24.1 Å². The molecule has 2 aliphatic rings. The molecule has 0 saturated carbocycles. The van der Waals surface area contributed by atoms with Gasteiger partial charge in [0, 0.05) is 34.5 Å². The number of phenols is 1. The first-order valence-electron chi connectivity index (χ1n) is 13.7. The van der Waals surface area contributed by atoms with Crippen molar-refractivity contribution < 1.29 is 14.3 Å². The van der Waals surface area contributed by atoms with E-state index in [4.69, 9.17) is 0 Å². The SMILES string of the molecule is Cc1ccc(C2=CC(C)(C)CN2C(C2=CCc3cc(O)ccc3C(=O)N2Cc2ccccc2)C(C)C)cc1F. The maximum Gasteiger partial charge on any atom is 0.258 e. The van der Waals surface area contributed by atoms with Crippen LogP contribution in [0, 0.1) is 24.1 Å². The zero-order chi connectivity index (χ0) is 27.9. The molecule has 0 radical (unpaired) electrons. The first-order chi connectivity index (χ1) is 18.5. The van der Waals surface area contributed by atoms with Crippen LogP contribution in [0.1, 0.15) is 60.3 Å². The maximum atomic E-state index is 14.7. The van der Waals surface area contributed by atoms with Gasteiger partial charge in [0.05, 0.1) is 12.6 Å². The fourth-order valence-electron chi connectivity index (χ4n) is 5.89. The molecule has 3 aromatic carbocycles. The molecule has 5 rings (SSSR count). The van der Waals surface area contributed by atoms with Crippen LogP contribution in [0.15, 0.2) is 84.6 Å². The standard InChI is InChI=1S/C34H37FN2O2/c1-22(2)32(37-21-34(4,5)19-31(37)26-12-11-23(3)29(35)18-26)30-16-13-25-17-27(38)14-15-28(25)33(39)36(30)20-24-9-7-6-8-10-24/h6-12,14-19,22,32,38H,13,20-21H2,1-5H3. The molecule has 39 heavy (non-hydrogen) atoms. The van der Waals surface area contributed by atoms with Crippen LogP contribution in [-0.2, 0) is 13.0 Å². The minimum absolute atomic E-state index is 0.0754. The van der Waals surface area contributed by atoms with Crippen molar-refractivity contribution in [3.05, 3.63) is 118 Å². The summed E-state index contributed by atoms with van der Waals surface area (Å²) >= 11 is 0. The van der Waals surface area contributed by atoms with E-state index in [-0.39, 0.29) is 34.8 Å². The quantitative estimate of drug-likeness (QED) is 0.367. The smallest absolute Gasteiger partial charge is 0.258 e. The Balaban J connectivity index is 1.63. The second-order valence-corrected chi connectivity index (χ2v) is 11.9. The number of hydrogen-bond donors (Lipinski definition) is 1. The number of halogens is 1. The molecular weight excluding hydrogens is 487 g/mol. The average Bonchev–Trinajstić information content (AvgIpc) is 3.14. The number of nitrogens with zero attached hydrogens (tertiary/aromatic N) is 2. The molecule has 4 nitrogen and oxygen atoms in total. The van der Waals surface area contributed by atoms with Gasteiger partial charge in [0.1, 0.15) is 11.6 Å². The summed E-state index contributed by atoms with van der Waals surface area (Å²) in [6, 6.07) is 20.4. The Labute approximate surface area is 231 Å². The van der Waals surface area contributed by atoms with E-state index in [2.05, 4.69) is 44.7 Å². The Hall–Kier alpha value is -3.86. The van der Waals surface area contributed by atoms with E-state index in [1.54, 1.807) is 31.2 Å². The summed E-state index contributed by atoms with van der Waals surface area (Å²) in [7, 11) is 0. The predicted molar refractivity (Wildman–Crippen MR) is 154 cm³/mol. The molecule has 0 fully saturated rings. The topological polar surface area (TPSA) is 43.8 Å². The number of carbonyl (C=O) groups excluding carboxylic acids is 1. The molecule has 2 heterocycles.